The van der Waals surface area contributed by atoms with Gasteiger partial charge in [-0.1, -0.05) is 23.7 Å². The maximum atomic E-state index is 6.10. The Morgan fingerprint density at radius 1 is 0.957 bits per heavy atom. The van der Waals surface area contributed by atoms with Crippen LogP contribution in [0.15, 0.2) is 30.3 Å². The van der Waals surface area contributed by atoms with Gasteiger partial charge in [-0.3, -0.25) is 0 Å². The van der Waals surface area contributed by atoms with Crippen molar-refractivity contribution < 1.29 is 9.47 Å². The molecule has 0 radical (unpaired) electrons. The number of ether oxygens (including phenoxy) is 2. The SMILES string of the molecule is COc1cc(NC(=S)Nc2cc(C)ccc2C)c(OC)cc1Cl. The topological polar surface area (TPSA) is 42.5 Å². The zero-order valence-electron chi connectivity index (χ0n) is 13.5. The standard InChI is InChI=1S/C17H19ClN2O2S/c1-10-5-6-11(2)13(7-10)19-17(23)20-14-9-15(21-3)12(18)8-16(14)22-4/h5-9H,1-4H3,(H2,19,20,23). The van der Waals surface area contributed by atoms with Gasteiger partial charge in [0, 0.05) is 17.8 Å². The lowest BCUT2D eigenvalue weighted by Crippen LogP contribution is -2.20. The summed E-state index contributed by atoms with van der Waals surface area (Å²) >= 11 is 11.5. The minimum atomic E-state index is 0.460. The molecule has 0 saturated heterocycles. The van der Waals surface area contributed by atoms with Crippen molar-refractivity contribution in [2.45, 2.75) is 13.8 Å². The average Bonchev–Trinajstić information content (AvgIpc) is 2.52. The van der Waals surface area contributed by atoms with Crippen LogP contribution in [-0.2, 0) is 0 Å². The van der Waals surface area contributed by atoms with Gasteiger partial charge in [-0.15, -0.1) is 0 Å². The van der Waals surface area contributed by atoms with Crippen LogP contribution in [0.3, 0.4) is 0 Å². The first-order chi connectivity index (χ1) is 10.9. The fourth-order valence-corrected chi connectivity index (χ4v) is 2.56. The molecule has 0 fully saturated rings. The fourth-order valence-electron chi connectivity index (χ4n) is 2.10. The molecular formula is C17H19ClN2O2S. The summed E-state index contributed by atoms with van der Waals surface area (Å²) in [6.07, 6.45) is 0. The molecule has 2 N–H and O–H groups in total. The number of aryl methyl sites for hydroxylation is 2. The highest BCUT2D eigenvalue weighted by atomic mass is 35.5. The van der Waals surface area contributed by atoms with Crippen molar-refractivity contribution >= 4 is 40.3 Å². The summed E-state index contributed by atoms with van der Waals surface area (Å²) < 4.78 is 10.6. The lowest BCUT2D eigenvalue weighted by atomic mass is 10.1. The molecule has 2 rings (SSSR count). The van der Waals surface area contributed by atoms with E-state index in [9.17, 15) is 0 Å². The number of anilines is 2. The predicted octanol–water partition coefficient (Wildman–Crippen LogP) is 4.78. The van der Waals surface area contributed by atoms with Crippen LogP contribution >= 0.6 is 23.8 Å². The first kappa shape index (κ1) is 17.4. The minimum Gasteiger partial charge on any atom is -0.495 e. The zero-order valence-corrected chi connectivity index (χ0v) is 15.1. The van der Waals surface area contributed by atoms with Crippen LogP contribution in [0.25, 0.3) is 0 Å². The maximum Gasteiger partial charge on any atom is 0.175 e. The Balaban J connectivity index is 2.21. The predicted molar refractivity (Wildman–Crippen MR) is 100 cm³/mol. The lowest BCUT2D eigenvalue weighted by Gasteiger charge is -2.16. The molecule has 0 saturated carbocycles. The molecule has 0 aliphatic carbocycles. The van der Waals surface area contributed by atoms with E-state index in [0.29, 0.717) is 27.3 Å². The van der Waals surface area contributed by atoms with Crippen LogP contribution in [0.4, 0.5) is 11.4 Å². The molecule has 0 amide bonds. The maximum absolute atomic E-state index is 6.10. The molecule has 23 heavy (non-hydrogen) atoms. The Kier molecular flexibility index (Phi) is 5.69. The second kappa shape index (κ2) is 7.53. The van der Waals surface area contributed by atoms with Crippen LogP contribution in [0, 0.1) is 13.8 Å². The first-order valence-corrected chi connectivity index (χ1v) is 7.80. The van der Waals surface area contributed by atoms with Gasteiger partial charge in [0.15, 0.2) is 5.11 Å². The molecular weight excluding hydrogens is 332 g/mol. The van der Waals surface area contributed by atoms with Crippen molar-refractivity contribution in [1.29, 1.82) is 0 Å². The first-order valence-electron chi connectivity index (χ1n) is 7.01. The summed E-state index contributed by atoms with van der Waals surface area (Å²) in [4.78, 5) is 0. The monoisotopic (exact) mass is 350 g/mol. The molecule has 0 heterocycles. The van der Waals surface area contributed by atoms with E-state index in [1.807, 2.05) is 26.0 Å². The average molecular weight is 351 g/mol. The van der Waals surface area contributed by atoms with Gasteiger partial charge in [-0.25, -0.2) is 0 Å². The highest BCUT2D eigenvalue weighted by molar-refractivity contribution is 7.80. The van der Waals surface area contributed by atoms with Crippen LogP contribution in [0.1, 0.15) is 11.1 Å². The van der Waals surface area contributed by atoms with Crippen LogP contribution in [-0.4, -0.2) is 19.3 Å². The summed E-state index contributed by atoms with van der Waals surface area (Å²) in [6.45, 7) is 4.06. The van der Waals surface area contributed by atoms with E-state index in [1.165, 1.54) is 0 Å². The molecule has 0 bridgehead atoms. The Morgan fingerprint density at radius 3 is 2.26 bits per heavy atom. The van der Waals surface area contributed by atoms with Crippen molar-refractivity contribution in [3.63, 3.8) is 0 Å². The highest BCUT2D eigenvalue weighted by Gasteiger charge is 2.11. The summed E-state index contributed by atoms with van der Waals surface area (Å²) in [5.41, 5.74) is 3.91. The summed E-state index contributed by atoms with van der Waals surface area (Å²) in [6, 6.07) is 9.58. The molecule has 122 valence electrons. The molecule has 2 aromatic rings. The van der Waals surface area contributed by atoms with Gasteiger partial charge in [0.2, 0.25) is 0 Å². The van der Waals surface area contributed by atoms with E-state index in [-0.39, 0.29) is 0 Å². The highest BCUT2D eigenvalue weighted by Crippen LogP contribution is 2.36. The van der Waals surface area contributed by atoms with Crippen molar-refractivity contribution in [2.75, 3.05) is 24.9 Å². The molecule has 0 spiro atoms. The number of halogens is 1. The van der Waals surface area contributed by atoms with Crippen molar-refractivity contribution in [2.24, 2.45) is 0 Å². The van der Waals surface area contributed by atoms with E-state index >= 15 is 0 Å². The zero-order chi connectivity index (χ0) is 17.0. The summed E-state index contributed by atoms with van der Waals surface area (Å²) in [5, 5.41) is 7.24. The van der Waals surface area contributed by atoms with Crippen molar-refractivity contribution in [3.8, 4) is 11.5 Å². The van der Waals surface area contributed by atoms with Gasteiger partial charge >= 0.3 is 0 Å². The van der Waals surface area contributed by atoms with Gasteiger partial charge in [-0.05, 0) is 43.3 Å². The number of nitrogens with one attached hydrogen (secondary N) is 2. The number of benzene rings is 2. The quantitative estimate of drug-likeness (QED) is 0.776. The van der Waals surface area contributed by atoms with E-state index < -0.39 is 0 Å². The Labute approximate surface area is 146 Å². The van der Waals surface area contributed by atoms with Gasteiger partial charge in [0.25, 0.3) is 0 Å². The minimum absolute atomic E-state index is 0.460. The van der Waals surface area contributed by atoms with Crippen molar-refractivity contribution in [3.05, 3.63) is 46.5 Å². The summed E-state index contributed by atoms with van der Waals surface area (Å²) in [7, 11) is 3.13. The smallest absolute Gasteiger partial charge is 0.175 e. The molecule has 0 aromatic heterocycles. The number of thiocarbonyl (C=S) groups is 1. The van der Waals surface area contributed by atoms with E-state index in [1.54, 1.807) is 26.4 Å². The number of hydrogen-bond donors (Lipinski definition) is 2. The summed E-state index contributed by atoms with van der Waals surface area (Å²) in [5.74, 6) is 1.13. The van der Waals surface area contributed by atoms with E-state index in [2.05, 4.69) is 16.7 Å². The van der Waals surface area contributed by atoms with Gasteiger partial charge in [0.1, 0.15) is 11.5 Å². The third-order valence-corrected chi connectivity index (χ3v) is 3.86. The van der Waals surface area contributed by atoms with Gasteiger partial charge in [0.05, 0.1) is 24.9 Å². The third-order valence-electron chi connectivity index (χ3n) is 3.36. The number of hydrogen-bond acceptors (Lipinski definition) is 3. The molecule has 0 unspecified atom stereocenters. The lowest BCUT2D eigenvalue weighted by molar-refractivity contribution is 0.405. The Hall–Kier alpha value is -1.98. The van der Waals surface area contributed by atoms with Crippen LogP contribution in [0.5, 0.6) is 11.5 Å². The van der Waals surface area contributed by atoms with E-state index in [0.717, 1.165) is 16.8 Å². The van der Waals surface area contributed by atoms with Crippen LogP contribution in [0.2, 0.25) is 5.02 Å². The molecule has 0 aliphatic heterocycles. The fraction of sp³-hybridized carbons (Fsp3) is 0.235. The molecule has 2 aromatic carbocycles. The molecule has 0 aliphatic rings. The largest absolute Gasteiger partial charge is 0.495 e. The number of methoxy groups -OCH3 is 2. The van der Waals surface area contributed by atoms with Crippen LogP contribution < -0.4 is 20.1 Å². The normalized spacial score (nSPS) is 10.1. The Morgan fingerprint density at radius 2 is 1.61 bits per heavy atom. The molecule has 6 heteroatoms. The number of rotatable bonds is 4. The third kappa shape index (κ3) is 4.27. The molecule has 0 atom stereocenters. The van der Waals surface area contributed by atoms with E-state index in [4.69, 9.17) is 33.3 Å². The second-order valence-electron chi connectivity index (χ2n) is 5.08. The Bertz CT molecular complexity index is 735. The molecule has 4 nitrogen and oxygen atoms in total. The van der Waals surface area contributed by atoms with Gasteiger partial charge < -0.3 is 20.1 Å². The van der Waals surface area contributed by atoms with Crippen molar-refractivity contribution in [1.82, 2.24) is 0 Å². The second-order valence-corrected chi connectivity index (χ2v) is 5.90. The van der Waals surface area contributed by atoms with Gasteiger partial charge in [-0.2, -0.15) is 0 Å².